The van der Waals surface area contributed by atoms with E-state index in [0.29, 0.717) is 6.61 Å². The first kappa shape index (κ1) is 15.5. The van der Waals surface area contributed by atoms with Crippen molar-refractivity contribution in [1.29, 1.82) is 0 Å². The van der Waals surface area contributed by atoms with Gasteiger partial charge in [-0.1, -0.05) is 6.92 Å². The van der Waals surface area contributed by atoms with Crippen LogP contribution in [0.2, 0.25) is 0 Å². The van der Waals surface area contributed by atoms with Gasteiger partial charge in [0.2, 0.25) is 0 Å². The van der Waals surface area contributed by atoms with E-state index in [-0.39, 0.29) is 17.4 Å². The number of hydrogen-bond acceptors (Lipinski definition) is 4. The van der Waals surface area contributed by atoms with Crippen molar-refractivity contribution in [2.75, 3.05) is 6.61 Å². The molecule has 2 rings (SSSR count). The first-order valence-electron chi connectivity index (χ1n) is 7.33. The Hall–Kier alpha value is -0.845. The fourth-order valence-corrected chi connectivity index (χ4v) is 2.27. The predicted octanol–water partition coefficient (Wildman–Crippen LogP) is 2.13. The molecule has 0 aliphatic carbocycles. The zero-order chi connectivity index (χ0) is 15.0. The molecule has 1 aliphatic rings. The van der Waals surface area contributed by atoms with Crippen LogP contribution < -0.4 is 5.59 Å². The summed E-state index contributed by atoms with van der Waals surface area (Å²) in [5.74, 6) is 0. The highest BCUT2D eigenvalue weighted by Crippen LogP contribution is 2.36. The Morgan fingerprint density at radius 1 is 1.25 bits per heavy atom. The van der Waals surface area contributed by atoms with Crippen molar-refractivity contribution in [3.05, 3.63) is 12.3 Å². The van der Waals surface area contributed by atoms with Crippen LogP contribution in [0.5, 0.6) is 0 Å². The lowest BCUT2D eigenvalue weighted by atomic mass is 9.84. The van der Waals surface area contributed by atoms with Gasteiger partial charge in [0, 0.05) is 12.8 Å². The van der Waals surface area contributed by atoms with Crippen molar-refractivity contribution in [2.24, 2.45) is 0 Å². The maximum Gasteiger partial charge on any atom is 0.514 e. The van der Waals surface area contributed by atoms with Gasteiger partial charge in [0.25, 0.3) is 0 Å². The number of rotatable bonds is 5. The first-order chi connectivity index (χ1) is 9.32. The van der Waals surface area contributed by atoms with Gasteiger partial charge in [0.15, 0.2) is 0 Å². The standard InChI is InChI=1S/C14H25BN2O3/c1-7-12(18-8-2)17-11(9-10-16-17)15-19-13(3,4)14(5,6)20-15/h9-10,12H,7-8H2,1-6H3. The van der Waals surface area contributed by atoms with Crippen molar-refractivity contribution >= 4 is 12.7 Å². The van der Waals surface area contributed by atoms with Crippen molar-refractivity contribution in [2.45, 2.75) is 65.4 Å². The molecular weight excluding hydrogens is 255 g/mol. The third kappa shape index (κ3) is 2.64. The normalized spacial score (nSPS) is 22.2. The Morgan fingerprint density at radius 3 is 2.35 bits per heavy atom. The Kier molecular flexibility index (Phi) is 4.28. The van der Waals surface area contributed by atoms with Crippen molar-refractivity contribution in [3.8, 4) is 0 Å². The van der Waals surface area contributed by atoms with Gasteiger partial charge in [0.1, 0.15) is 6.23 Å². The fourth-order valence-electron chi connectivity index (χ4n) is 2.27. The molecular formula is C14H25BN2O3. The van der Waals surface area contributed by atoms with Crippen molar-refractivity contribution in [1.82, 2.24) is 9.78 Å². The highest BCUT2D eigenvalue weighted by Gasteiger charge is 2.53. The second-order valence-corrected chi connectivity index (χ2v) is 6.11. The summed E-state index contributed by atoms with van der Waals surface area (Å²) in [5.41, 5.74) is 0.212. The number of hydrogen-bond donors (Lipinski definition) is 0. The molecule has 1 unspecified atom stereocenters. The Balaban J connectivity index is 2.25. The van der Waals surface area contributed by atoms with E-state index in [4.69, 9.17) is 14.0 Å². The van der Waals surface area contributed by atoms with E-state index >= 15 is 0 Å². The van der Waals surface area contributed by atoms with E-state index < -0.39 is 7.12 Å². The molecule has 1 saturated heterocycles. The van der Waals surface area contributed by atoms with Gasteiger partial charge in [-0.05, 0) is 47.1 Å². The lowest BCUT2D eigenvalue weighted by Crippen LogP contribution is -2.41. The molecule has 0 radical (unpaired) electrons. The van der Waals surface area contributed by atoms with Crippen LogP contribution in [0, 0.1) is 0 Å². The van der Waals surface area contributed by atoms with Gasteiger partial charge in [-0.2, -0.15) is 5.10 Å². The van der Waals surface area contributed by atoms with Gasteiger partial charge in [0.05, 0.1) is 16.8 Å². The summed E-state index contributed by atoms with van der Waals surface area (Å²) in [5, 5.41) is 4.38. The van der Waals surface area contributed by atoms with E-state index in [2.05, 4.69) is 12.0 Å². The number of nitrogens with zero attached hydrogens (tertiary/aromatic N) is 2. The van der Waals surface area contributed by atoms with E-state index in [0.717, 1.165) is 12.0 Å². The van der Waals surface area contributed by atoms with Crippen LogP contribution in [0.1, 0.15) is 54.2 Å². The summed E-state index contributed by atoms with van der Waals surface area (Å²) < 4.78 is 19.8. The Morgan fingerprint density at radius 2 is 1.85 bits per heavy atom. The zero-order valence-corrected chi connectivity index (χ0v) is 13.3. The topological polar surface area (TPSA) is 45.5 Å². The molecule has 112 valence electrons. The largest absolute Gasteiger partial charge is 0.514 e. The monoisotopic (exact) mass is 280 g/mol. The third-order valence-electron chi connectivity index (χ3n) is 4.18. The summed E-state index contributed by atoms with van der Waals surface area (Å²) in [6.07, 6.45) is 2.54. The van der Waals surface area contributed by atoms with Crippen LogP contribution in [0.3, 0.4) is 0 Å². The number of aromatic nitrogens is 2. The number of ether oxygens (including phenoxy) is 1. The molecule has 1 aliphatic heterocycles. The van der Waals surface area contributed by atoms with E-state index in [9.17, 15) is 0 Å². The molecule has 1 aromatic rings. The van der Waals surface area contributed by atoms with Crippen LogP contribution in [-0.2, 0) is 14.0 Å². The maximum atomic E-state index is 6.08. The molecule has 6 heteroatoms. The summed E-state index contributed by atoms with van der Waals surface area (Å²) in [6.45, 7) is 12.9. The average Bonchev–Trinajstić information content (AvgIpc) is 2.90. The lowest BCUT2D eigenvalue weighted by Gasteiger charge is -2.32. The molecule has 1 fully saturated rings. The van der Waals surface area contributed by atoms with Crippen molar-refractivity contribution < 1.29 is 14.0 Å². The van der Waals surface area contributed by atoms with Crippen LogP contribution in [-0.4, -0.2) is 34.7 Å². The van der Waals surface area contributed by atoms with Crippen molar-refractivity contribution in [3.63, 3.8) is 0 Å². The lowest BCUT2D eigenvalue weighted by molar-refractivity contribution is 0.000615. The van der Waals surface area contributed by atoms with Crippen LogP contribution in [0.15, 0.2) is 12.3 Å². The third-order valence-corrected chi connectivity index (χ3v) is 4.18. The first-order valence-corrected chi connectivity index (χ1v) is 7.33. The van der Waals surface area contributed by atoms with Gasteiger partial charge in [-0.25, -0.2) is 4.68 Å². The molecule has 1 aromatic heterocycles. The van der Waals surface area contributed by atoms with Gasteiger partial charge in [-0.3, -0.25) is 0 Å². The minimum absolute atomic E-state index is 0.0796. The summed E-state index contributed by atoms with van der Waals surface area (Å²) in [7, 11) is -0.406. The molecule has 0 amide bonds. The molecule has 0 saturated carbocycles. The minimum Gasteiger partial charge on any atom is -0.398 e. The zero-order valence-electron chi connectivity index (χ0n) is 13.3. The van der Waals surface area contributed by atoms with E-state index in [1.165, 1.54) is 0 Å². The Bertz CT molecular complexity index is 443. The second-order valence-electron chi connectivity index (χ2n) is 6.11. The SMILES string of the molecule is CCOC(CC)n1nccc1B1OC(C)(C)C(C)(C)O1. The van der Waals surface area contributed by atoms with Gasteiger partial charge in [-0.15, -0.1) is 0 Å². The van der Waals surface area contributed by atoms with Crippen LogP contribution >= 0.6 is 0 Å². The molecule has 0 aromatic carbocycles. The highest BCUT2D eigenvalue weighted by molar-refractivity contribution is 6.61. The molecule has 20 heavy (non-hydrogen) atoms. The predicted molar refractivity (Wildman–Crippen MR) is 78.9 cm³/mol. The smallest absolute Gasteiger partial charge is 0.398 e. The minimum atomic E-state index is -0.406. The van der Waals surface area contributed by atoms with Gasteiger partial charge >= 0.3 is 7.12 Å². The summed E-state index contributed by atoms with van der Waals surface area (Å²) >= 11 is 0. The van der Waals surface area contributed by atoms with Gasteiger partial charge < -0.3 is 14.0 Å². The summed E-state index contributed by atoms with van der Waals surface area (Å²) in [4.78, 5) is 0. The highest BCUT2D eigenvalue weighted by atomic mass is 16.7. The molecule has 0 N–H and O–H groups in total. The fraction of sp³-hybridized carbons (Fsp3) is 0.786. The molecule has 5 nitrogen and oxygen atoms in total. The molecule has 2 heterocycles. The maximum absolute atomic E-state index is 6.08. The van der Waals surface area contributed by atoms with E-state index in [1.807, 2.05) is 45.4 Å². The van der Waals surface area contributed by atoms with E-state index in [1.54, 1.807) is 6.20 Å². The molecule has 1 atom stereocenters. The Labute approximate surface area is 121 Å². The second kappa shape index (κ2) is 5.50. The summed E-state index contributed by atoms with van der Waals surface area (Å²) in [6, 6.07) is 1.93. The van der Waals surface area contributed by atoms with Crippen LogP contribution in [0.4, 0.5) is 0 Å². The average molecular weight is 280 g/mol. The van der Waals surface area contributed by atoms with Crippen LogP contribution in [0.25, 0.3) is 0 Å². The molecule has 0 bridgehead atoms. The quantitative estimate of drug-likeness (QED) is 0.775. The molecule has 0 spiro atoms.